The summed E-state index contributed by atoms with van der Waals surface area (Å²) in [7, 11) is -2.12. The van der Waals surface area contributed by atoms with Gasteiger partial charge >= 0.3 is 10.2 Å². The smallest absolute Gasteiger partial charge is 0.301 e. The molecule has 0 spiro atoms. The Bertz CT molecular complexity index is 1290. The van der Waals surface area contributed by atoms with Crippen LogP contribution in [0.5, 0.6) is 0 Å². The van der Waals surface area contributed by atoms with E-state index in [2.05, 4.69) is 15.9 Å². The molecule has 1 amide bonds. The summed E-state index contributed by atoms with van der Waals surface area (Å²) >= 11 is 0. The van der Waals surface area contributed by atoms with Crippen molar-refractivity contribution < 1.29 is 13.2 Å². The molecule has 0 fully saturated rings. The van der Waals surface area contributed by atoms with E-state index in [0.717, 1.165) is 17.3 Å². The predicted octanol–water partition coefficient (Wildman–Crippen LogP) is 2.31. The van der Waals surface area contributed by atoms with Crippen molar-refractivity contribution in [2.45, 2.75) is 26.7 Å². The molecule has 2 aromatic heterocycles. The molecule has 31 heavy (non-hydrogen) atoms. The van der Waals surface area contributed by atoms with Crippen LogP contribution >= 0.6 is 0 Å². The molecule has 3 rings (SSSR count). The highest BCUT2D eigenvalue weighted by molar-refractivity contribution is 7.88. The van der Waals surface area contributed by atoms with Crippen LogP contribution in [0.25, 0.3) is 22.8 Å². The van der Waals surface area contributed by atoms with Gasteiger partial charge in [-0.2, -0.15) is 23.5 Å². The predicted molar refractivity (Wildman–Crippen MR) is 119 cm³/mol. The third-order valence-corrected chi connectivity index (χ3v) is 5.80. The lowest BCUT2D eigenvalue weighted by Gasteiger charge is -2.08. The van der Waals surface area contributed by atoms with E-state index in [1.807, 2.05) is 41.5 Å². The molecule has 162 valence electrons. The minimum absolute atomic E-state index is 0.267. The number of unbranched alkanes of at least 4 members (excludes halogenated alkanes) is 1. The Kier molecular flexibility index (Phi) is 6.58. The van der Waals surface area contributed by atoms with Crippen LogP contribution in [0, 0.1) is 18.3 Å². The second-order valence-electron chi connectivity index (χ2n) is 7.07. The SMILES string of the molecule is CCCCNS(=O)(=O)NC(=O)C=Cc1c(C)nn(C)c1-n1ccc2cc(C#N)ccc21. The fourth-order valence-electron chi connectivity index (χ4n) is 3.28. The molecule has 2 N–H and O–H groups in total. The van der Waals surface area contributed by atoms with Crippen molar-refractivity contribution in [2.75, 3.05) is 6.54 Å². The molecule has 3 aromatic rings. The normalized spacial score (nSPS) is 11.8. The van der Waals surface area contributed by atoms with E-state index in [-0.39, 0.29) is 6.54 Å². The zero-order chi connectivity index (χ0) is 22.6. The Labute approximate surface area is 181 Å². The average Bonchev–Trinajstić information content (AvgIpc) is 3.24. The molecule has 0 unspecified atom stereocenters. The van der Waals surface area contributed by atoms with Crippen molar-refractivity contribution in [3.63, 3.8) is 0 Å². The van der Waals surface area contributed by atoms with E-state index in [0.29, 0.717) is 29.1 Å². The van der Waals surface area contributed by atoms with Gasteiger partial charge in [0.05, 0.1) is 22.8 Å². The maximum absolute atomic E-state index is 12.2. The Balaban J connectivity index is 1.89. The molecule has 9 nitrogen and oxygen atoms in total. The van der Waals surface area contributed by atoms with Gasteiger partial charge in [-0.15, -0.1) is 0 Å². The van der Waals surface area contributed by atoms with Gasteiger partial charge in [-0.05, 0) is 43.7 Å². The summed E-state index contributed by atoms with van der Waals surface area (Å²) in [4.78, 5) is 12.2. The van der Waals surface area contributed by atoms with Crippen molar-refractivity contribution in [1.82, 2.24) is 23.8 Å². The number of nitriles is 1. The van der Waals surface area contributed by atoms with E-state index in [4.69, 9.17) is 5.26 Å². The third-order valence-electron chi connectivity index (χ3n) is 4.74. The van der Waals surface area contributed by atoms with E-state index < -0.39 is 16.1 Å². The molecular weight excluding hydrogens is 416 g/mol. The van der Waals surface area contributed by atoms with Crippen molar-refractivity contribution in [2.24, 2.45) is 7.05 Å². The number of hydrogen-bond acceptors (Lipinski definition) is 5. The van der Waals surface area contributed by atoms with Crippen molar-refractivity contribution in [3.05, 3.63) is 53.4 Å². The third kappa shape index (κ3) is 5.02. The summed E-state index contributed by atoms with van der Waals surface area (Å²) < 4.78 is 31.8. The largest absolute Gasteiger partial charge is 0.301 e. The minimum atomic E-state index is -3.90. The first kappa shape index (κ1) is 22.3. The second-order valence-corrected chi connectivity index (χ2v) is 8.57. The quantitative estimate of drug-likeness (QED) is 0.411. The Morgan fingerprint density at radius 2 is 2.10 bits per heavy atom. The fraction of sp³-hybridized carbons (Fsp3) is 0.286. The first-order valence-electron chi connectivity index (χ1n) is 9.80. The molecule has 0 saturated carbocycles. The summed E-state index contributed by atoms with van der Waals surface area (Å²) in [5.74, 6) is -0.0422. The van der Waals surface area contributed by atoms with E-state index in [1.165, 1.54) is 6.08 Å². The molecular formula is C21H24N6O3S. The van der Waals surface area contributed by atoms with Gasteiger partial charge in [-0.25, -0.2) is 4.72 Å². The lowest BCUT2D eigenvalue weighted by Crippen LogP contribution is -2.39. The van der Waals surface area contributed by atoms with E-state index in [9.17, 15) is 13.2 Å². The summed E-state index contributed by atoms with van der Waals surface area (Å²) in [6.07, 6.45) is 6.10. The zero-order valence-electron chi connectivity index (χ0n) is 17.6. The van der Waals surface area contributed by atoms with Crippen LogP contribution in [-0.4, -0.2) is 35.2 Å². The van der Waals surface area contributed by atoms with Gasteiger partial charge in [-0.1, -0.05) is 13.3 Å². The first-order valence-corrected chi connectivity index (χ1v) is 11.3. The number of amides is 1. The van der Waals surface area contributed by atoms with Crippen molar-refractivity contribution >= 4 is 33.1 Å². The van der Waals surface area contributed by atoms with E-state index >= 15 is 0 Å². The molecule has 0 aliphatic rings. The number of aromatic nitrogens is 3. The highest BCUT2D eigenvalue weighted by atomic mass is 32.2. The molecule has 1 aromatic carbocycles. The lowest BCUT2D eigenvalue weighted by atomic mass is 10.2. The van der Waals surface area contributed by atoms with Gasteiger partial charge in [0.2, 0.25) is 0 Å². The number of hydrogen-bond donors (Lipinski definition) is 2. The maximum atomic E-state index is 12.2. The molecule has 0 saturated heterocycles. The highest BCUT2D eigenvalue weighted by Gasteiger charge is 2.16. The number of rotatable bonds is 8. The summed E-state index contributed by atoms with van der Waals surface area (Å²) in [6.45, 7) is 4.02. The van der Waals surface area contributed by atoms with Crippen LogP contribution in [-0.2, 0) is 22.1 Å². The topological polar surface area (TPSA) is 122 Å². The van der Waals surface area contributed by atoms with E-state index in [1.54, 1.807) is 29.9 Å². The maximum Gasteiger partial charge on any atom is 0.301 e. The lowest BCUT2D eigenvalue weighted by molar-refractivity contribution is -0.114. The fourth-order valence-corrected chi connectivity index (χ4v) is 4.10. The summed E-state index contributed by atoms with van der Waals surface area (Å²) in [5, 5.41) is 14.4. The number of carbonyl (C=O) groups excluding carboxylic acids is 1. The van der Waals surface area contributed by atoms with Crippen LogP contribution < -0.4 is 9.44 Å². The number of aryl methyl sites for hydroxylation is 2. The van der Waals surface area contributed by atoms with Gasteiger partial charge in [0.1, 0.15) is 5.82 Å². The number of benzene rings is 1. The molecule has 0 bridgehead atoms. The number of nitrogens with one attached hydrogen (secondary N) is 2. The first-order chi connectivity index (χ1) is 14.8. The van der Waals surface area contributed by atoms with Gasteiger partial charge < -0.3 is 4.57 Å². The van der Waals surface area contributed by atoms with Crippen LogP contribution in [0.4, 0.5) is 0 Å². The van der Waals surface area contributed by atoms with Crippen LogP contribution in [0.2, 0.25) is 0 Å². The molecule has 2 heterocycles. The molecule has 0 radical (unpaired) electrons. The van der Waals surface area contributed by atoms with Crippen molar-refractivity contribution in [3.8, 4) is 11.9 Å². The van der Waals surface area contributed by atoms with Crippen molar-refractivity contribution in [1.29, 1.82) is 5.26 Å². The number of fused-ring (bicyclic) bond motifs is 1. The van der Waals surface area contributed by atoms with Gasteiger partial charge in [0.25, 0.3) is 5.91 Å². The molecule has 0 aliphatic heterocycles. The number of nitrogens with zero attached hydrogens (tertiary/aromatic N) is 4. The Morgan fingerprint density at radius 1 is 1.32 bits per heavy atom. The Hall–Kier alpha value is -3.42. The zero-order valence-corrected chi connectivity index (χ0v) is 18.4. The standard InChI is InChI=1S/C21H24N6O3S/c1-4-5-11-23-31(29,30)25-20(28)9-7-18-15(2)24-26(3)21(18)27-12-10-17-13-16(14-22)6-8-19(17)27/h6-10,12-13,23H,4-5,11H2,1-3H3,(H,25,28). The summed E-state index contributed by atoms with van der Waals surface area (Å²) in [5.41, 5.74) is 2.80. The van der Waals surface area contributed by atoms with Gasteiger partial charge in [-0.3, -0.25) is 9.48 Å². The summed E-state index contributed by atoms with van der Waals surface area (Å²) in [6, 6.07) is 9.41. The number of carbonyl (C=O) groups is 1. The van der Waals surface area contributed by atoms with Crippen LogP contribution in [0.15, 0.2) is 36.5 Å². The molecule has 10 heteroatoms. The van der Waals surface area contributed by atoms with Crippen LogP contribution in [0.1, 0.15) is 36.6 Å². The van der Waals surface area contributed by atoms with Crippen LogP contribution in [0.3, 0.4) is 0 Å². The Morgan fingerprint density at radius 3 is 2.81 bits per heavy atom. The van der Waals surface area contributed by atoms with Gasteiger partial charge in [0.15, 0.2) is 0 Å². The molecule has 0 atom stereocenters. The minimum Gasteiger partial charge on any atom is -0.301 e. The average molecular weight is 441 g/mol. The second kappa shape index (κ2) is 9.16. The monoisotopic (exact) mass is 440 g/mol. The molecule has 0 aliphatic carbocycles. The highest BCUT2D eigenvalue weighted by Crippen LogP contribution is 2.26. The van der Waals surface area contributed by atoms with Gasteiger partial charge in [0, 0.05) is 36.8 Å².